The number of hydrogen-bond acceptors (Lipinski definition) is 5. The van der Waals surface area contributed by atoms with Crippen molar-refractivity contribution >= 4 is 38.5 Å². The number of carbonyl (C=O) groups is 1. The number of carbonyl (C=O) groups excluding carboxylic acids is 1. The molecule has 0 fully saturated rings. The minimum Gasteiger partial charge on any atom is -0.464 e. The summed E-state index contributed by atoms with van der Waals surface area (Å²) in [5.41, 5.74) is 1.83. The Bertz CT molecular complexity index is 661. The monoisotopic (exact) mass is 352 g/mol. The van der Waals surface area contributed by atoms with Crippen LogP contribution in [0.15, 0.2) is 28.7 Å². The number of ether oxygens (including phenoxy) is 2. The molecule has 1 aromatic heterocycles. The maximum absolute atomic E-state index is 11.7. The Morgan fingerprint density at radius 2 is 2.14 bits per heavy atom. The normalized spacial score (nSPS) is 12.2. The number of halogens is 1. The quantitative estimate of drug-likeness (QED) is 0.837. The lowest BCUT2D eigenvalue weighted by atomic mass is 10.1. The Kier molecular flexibility index (Phi) is 5.14. The van der Waals surface area contributed by atoms with Gasteiger partial charge in [-0.25, -0.2) is 9.78 Å². The van der Waals surface area contributed by atoms with Gasteiger partial charge < -0.3 is 14.8 Å². The highest BCUT2D eigenvalue weighted by Gasteiger charge is 2.13. The van der Waals surface area contributed by atoms with Gasteiger partial charge in [-0.05, 0) is 31.2 Å². The molecule has 1 atom stereocenters. The Hall–Kier alpha value is -1.66. The van der Waals surface area contributed by atoms with Crippen molar-refractivity contribution in [3.8, 4) is 0 Å². The average Bonchev–Trinajstić information content (AvgIpc) is 2.51. The van der Waals surface area contributed by atoms with E-state index in [0.29, 0.717) is 6.54 Å². The lowest BCUT2D eigenvalue weighted by molar-refractivity contribution is 0.0594. The van der Waals surface area contributed by atoms with Gasteiger partial charge in [0.15, 0.2) is 5.69 Å². The summed E-state index contributed by atoms with van der Waals surface area (Å²) in [5, 5.41) is 4.22. The molecule has 1 aromatic carbocycles. The molecule has 5 nitrogen and oxygen atoms in total. The third kappa shape index (κ3) is 3.71. The van der Waals surface area contributed by atoms with E-state index in [0.717, 1.165) is 21.1 Å². The number of esters is 1. The predicted octanol–water partition coefficient (Wildman–Crippen LogP) is 3.23. The first-order chi connectivity index (χ1) is 10.0. The van der Waals surface area contributed by atoms with Gasteiger partial charge in [0.2, 0.25) is 0 Å². The molecule has 0 radical (unpaired) electrons. The lowest BCUT2D eigenvalue weighted by Crippen LogP contribution is -2.18. The molecule has 0 bridgehead atoms. The zero-order chi connectivity index (χ0) is 15.4. The van der Waals surface area contributed by atoms with E-state index in [9.17, 15) is 4.79 Å². The first kappa shape index (κ1) is 15.7. The molecule has 1 N–H and O–H groups in total. The molecule has 0 amide bonds. The molecule has 21 heavy (non-hydrogen) atoms. The van der Waals surface area contributed by atoms with Crippen molar-refractivity contribution in [1.82, 2.24) is 4.98 Å². The van der Waals surface area contributed by atoms with Crippen molar-refractivity contribution in [2.75, 3.05) is 26.1 Å². The average molecular weight is 353 g/mol. The third-order valence-electron chi connectivity index (χ3n) is 3.15. The fourth-order valence-electron chi connectivity index (χ4n) is 1.89. The zero-order valence-electron chi connectivity index (χ0n) is 12.1. The number of nitrogens with zero attached hydrogens (tertiary/aromatic N) is 1. The van der Waals surface area contributed by atoms with Crippen LogP contribution in [0.1, 0.15) is 17.4 Å². The van der Waals surface area contributed by atoms with Crippen molar-refractivity contribution in [3.05, 3.63) is 34.4 Å². The van der Waals surface area contributed by atoms with Crippen molar-refractivity contribution in [1.29, 1.82) is 0 Å². The molecule has 0 aliphatic rings. The summed E-state index contributed by atoms with van der Waals surface area (Å²) in [4.78, 5) is 16.1. The highest BCUT2D eigenvalue weighted by atomic mass is 79.9. The fraction of sp³-hybridized carbons (Fsp3) is 0.333. The number of nitrogens with one attached hydrogen (secondary N) is 1. The van der Waals surface area contributed by atoms with Crippen molar-refractivity contribution in [3.63, 3.8) is 0 Å². The van der Waals surface area contributed by atoms with Crippen LogP contribution in [0.25, 0.3) is 10.9 Å². The van der Waals surface area contributed by atoms with Crippen molar-refractivity contribution in [2.45, 2.75) is 13.0 Å². The summed E-state index contributed by atoms with van der Waals surface area (Å²) in [6, 6.07) is 7.40. The number of benzene rings is 1. The van der Waals surface area contributed by atoms with E-state index < -0.39 is 5.97 Å². The Balaban J connectivity index is 2.47. The summed E-state index contributed by atoms with van der Waals surface area (Å²) in [7, 11) is 3.00. The standard InChI is InChI=1S/C15H17BrN2O3/c1-9(20-2)8-17-13-7-14(15(19)21-3)18-12-5-4-10(16)6-11(12)13/h4-7,9H,8H2,1-3H3,(H,17,18). The first-order valence-electron chi connectivity index (χ1n) is 6.50. The van der Waals surface area contributed by atoms with Crippen molar-refractivity contribution < 1.29 is 14.3 Å². The van der Waals surface area contributed by atoms with Gasteiger partial charge in [0.05, 0.1) is 18.7 Å². The second kappa shape index (κ2) is 6.87. The van der Waals surface area contributed by atoms with E-state index in [4.69, 9.17) is 9.47 Å². The van der Waals surface area contributed by atoms with E-state index in [1.54, 1.807) is 13.2 Å². The van der Waals surface area contributed by atoms with Gasteiger partial charge in [0, 0.05) is 29.2 Å². The second-order valence-corrected chi connectivity index (χ2v) is 5.55. The molecule has 0 aliphatic heterocycles. The van der Waals surface area contributed by atoms with Gasteiger partial charge in [0.25, 0.3) is 0 Å². The number of hydrogen-bond donors (Lipinski definition) is 1. The summed E-state index contributed by atoms with van der Waals surface area (Å²) < 4.78 is 10.9. The van der Waals surface area contributed by atoms with Crippen LogP contribution >= 0.6 is 15.9 Å². The lowest BCUT2D eigenvalue weighted by Gasteiger charge is -2.14. The number of fused-ring (bicyclic) bond motifs is 1. The van der Waals surface area contributed by atoms with Gasteiger partial charge in [0.1, 0.15) is 0 Å². The Labute approximate surface area is 131 Å². The molecule has 6 heteroatoms. The summed E-state index contributed by atoms with van der Waals surface area (Å²) in [6.45, 7) is 2.59. The molecular formula is C15H17BrN2O3. The smallest absolute Gasteiger partial charge is 0.356 e. The second-order valence-electron chi connectivity index (χ2n) is 4.64. The van der Waals surface area contributed by atoms with Crippen LogP contribution in [-0.4, -0.2) is 37.8 Å². The Morgan fingerprint density at radius 3 is 2.81 bits per heavy atom. The van der Waals surface area contributed by atoms with Crippen LogP contribution in [0, 0.1) is 0 Å². The molecule has 112 valence electrons. The zero-order valence-corrected chi connectivity index (χ0v) is 13.7. The largest absolute Gasteiger partial charge is 0.464 e. The molecule has 0 spiro atoms. The number of aromatic nitrogens is 1. The minimum atomic E-state index is -0.456. The van der Waals surface area contributed by atoms with Gasteiger partial charge in [-0.3, -0.25) is 0 Å². The number of rotatable bonds is 5. The maximum atomic E-state index is 11.7. The minimum absolute atomic E-state index is 0.0574. The van der Waals surface area contributed by atoms with Gasteiger partial charge in [-0.2, -0.15) is 0 Å². The van der Waals surface area contributed by atoms with Crippen LogP contribution in [0.2, 0.25) is 0 Å². The molecular weight excluding hydrogens is 336 g/mol. The first-order valence-corrected chi connectivity index (χ1v) is 7.29. The van der Waals surface area contributed by atoms with Gasteiger partial charge in [-0.1, -0.05) is 15.9 Å². The number of anilines is 1. The summed E-state index contributed by atoms with van der Waals surface area (Å²) in [5.74, 6) is -0.456. The summed E-state index contributed by atoms with van der Waals surface area (Å²) in [6.07, 6.45) is 0.0574. The summed E-state index contributed by atoms with van der Waals surface area (Å²) >= 11 is 3.45. The predicted molar refractivity (Wildman–Crippen MR) is 85.7 cm³/mol. The maximum Gasteiger partial charge on any atom is 0.356 e. The van der Waals surface area contributed by atoms with E-state index in [2.05, 4.69) is 26.2 Å². The number of pyridine rings is 1. The Morgan fingerprint density at radius 1 is 1.38 bits per heavy atom. The van der Waals surface area contributed by atoms with Crippen LogP contribution in [-0.2, 0) is 9.47 Å². The van der Waals surface area contributed by atoms with E-state index in [1.807, 2.05) is 25.1 Å². The van der Waals surface area contributed by atoms with Crippen LogP contribution in [0.5, 0.6) is 0 Å². The van der Waals surface area contributed by atoms with Gasteiger partial charge in [-0.15, -0.1) is 0 Å². The van der Waals surface area contributed by atoms with E-state index in [-0.39, 0.29) is 11.8 Å². The molecule has 0 saturated heterocycles. The molecule has 0 aliphatic carbocycles. The molecule has 2 aromatic rings. The van der Waals surface area contributed by atoms with Crippen LogP contribution in [0.4, 0.5) is 5.69 Å². The van der Waals surface area contributed by atoms with Gasteiger partial charge >= 0.3 is 5.97 Å². The van der Waals surface area contributed by atoms with Crippen LogP contribution in [0.3, 0.4) is 0 Å². The van der Waals surface area contributed by atoms with Crippen LogP contribution < -0.4 is 5.32 Å². The van der Waals surface area contributed by atoms with E-state index in [1.165, 1.54) is 7.11 Å². The molecule has 1 heterocycles. The molecule has 2 rings (SSSR count). The highest BCUT2D eigenvalue weighted by molar-refractivity contribution is 9.10. The molecule has 1 unspecified atom stereocenters. The highest BCUT2D eigenvalue weighted by Crippen LogP contribution is 2.27. The fourth-order valence-corrected chi connectivity index (χ4v) is 2.25. The van der Waals surface area contributed by atoms with E-state index >= 15 is 0 Å². The third-order valence-corrected chi connectivity index (χ3v) is 3.64. The number of methoxy groups -OCH3 is 2. The topological polar surface area (TPSA) is 60.5 Å². The SMILES string of the molecule is COC(=O)c1cc(NCC(C)OC)c2cc(Br)ccc2n1. The molecule has 0 saturated carbocycles. The van der Waals surface area contributed by atoms with Crippen molar-refractivity contribution in [2.24, 2.45) is 0 Å².